The number of sulfone groups is 1. The smallest absolute Gasteiger partial charge is 0.225 e. The zero-order chi connectivity index (χ0) is 18.0. The lowest BCUT2D eigenvalue weighted by molar-refractivity contribution is 0.0845. The van der Waals surface area contributed by atoms with Gasteiger partial charge < -0.3 is 15.0 Å². The Morgan fingerprint density at radius 1 is 1.08 bits per heavy atom. The van der Waals surface area contributed by atoms with E-state index in [1.165, 1.54) is 0 Å². The molecule has 1 aromatic rings. The normalized spacial score (nSPS) is 27.7. The molecule has 7 nitrogen and oxygen atoms in total. The molecule has 1 N–H and O–H groups in total. The third-order valence-corrected chi connectivity index (χ3v) is 7.52. The summed E-state index contributed by atoms with van der Waals surface area (Å²) in [5, 5.41) is 3.66. The molecule has 0 saturated carbocycles. The fourth-order valence-corrected chi connectivity index (χ4v) is 5.69. The van der Waals surface area contributed by atoms with E-state index >= 15 is 0 Å². The number of anilines is 1. The number of nitrogens with zero attached hydrogens (tertiary/aromatic N) is 3. The van der Waals surface area contributed by atoms with Gasteiger partial charge in [-0.25, -0.2) is 18.4 Å². The van der Waals surface area contributed by atoms with Crippen molar-refractivity contribution < 1.29 is 13.2 Å². The van der Waals surface area contributed by atoms with Crippen LogP contribution in [0.1, 0.15) is 43.7 Å². The molecule has 0 aromatic carbocycles. The summed E-state index contributed by atoms with van der Waals surface area (Å²) < 4.78 is 28.6. The van der Waals surface area contributed by atoms with Crippen molar-refractivity contribution in [3.8, 4) is 0 Å². The quantitative estimate of drug-likeness (QED) is 0.838. The number of rotatable bonds is 4. The first-order valence-electron chi connectivity index (χ1n) is 9.71. The molecule has 0 spiro atoms. The Morgan fingerprint density at radius 3 is 2.62 bits per heavy atom. The van der Waals surface area contributed by atoms with Gasteiger partial charge in [-0.05, 0) is 38.2 Å². The highest BCUT2D eigenvalue weighted by atomic mass is 32.2. The summed E-state index contributed by atoms with van der Waals surface area (Å²) in [7, 11) is -2.80. The van der Waals surface area contributed by atoms with Gasteiger partial charge in [-0.1, -0.05) is 0 Å². The maximum absolute atomic E-state index is 11.6. The van der Waals surface area contributed by atoms with Crippen molar-refractivity contribution in [2.45, 2.75) is 50.1 Å². The van der Waals surface area contributed by atoms with Crippen LogP contribution in [0.25, 0.3) is 0 Å². The predicted molar refractivity (Wildman–Crippen MR) is 100 cm³/mol. The first kappa shape index (κ1) is 18.1. The minimum absolute atomic E-state index is 0.317. The molecule has 1 atom stereocenters. The molecule has 3 aliphatic rings. The Labute approximate surface area is 155 Å². The fourth-order valence-electron chi connectivity index (χ4n) is 4.20. The summed E-state index contributed by atoms with van der Waals surface area (Å²) in [6, 6.07) is 2.74. The second kappa shape index (κ2) is 7.78. The van der Waals surface area contributed by atoms with E-state index in [1.807, 2.05) is 12.3 Å². The predicted octanol–water partition coefficient (Wildman–Crippen LogP) is 1.12. The lowest BCUT2D eigenvalue weighted by Gasteiger charge is -2.26. The summed E-state index contributed by atoms with van der Waals surface area (Å²) in [5.41, 5.74) is 1.13. The van der Waals surface area contributed by atoms with Gasteiger partial charge in [-0.2, -0.15) is 0 Å². The standard InChI is InChI=1S/C18H28N4O3S/c23-26(24)11-5-15(6-12-26)20-16-2-8-22(13-16)18-19-7-1-17(21-18)14-3-9-25-10-4-14/h1,7,14-16,20H,2-6,8-13H2. The molecule has 0 amide bonds. The van der Waals surface area contributed by atoms with Crippen LogP contribution in [0.4, 0.5) is 5.95 Å². The van der Waals surface area contributed by atoms with E-state index < -0.39 is 9.84 Å². The van der Waals surface area contributed by atoms with Crippen molar-refractivity contribution >= 4 is 15.8 Å². The average Bonchev–Trinajstić information content (AvgIpc) is 3.13. The van der Waals surface area contributed by atoms with E-state index in [-0.39, 0.29) is 0 Å². The van der Waals surface area contributed by atoms with Crippen LogP contribution in [0.3, 0.4) is 0 Å². The van der Waals surface area contributed by atoms with Gasteiger partial charge in [-0.15, -0.1) is 0 Å². The Morgan fingerprint density at radius 2 is 1.85 bits per heavy atom. The number of aromatic nitrogens is 2. The van der Waals surface area contributed by atoms with E-state index in [2.05, 4.69) is 15.2 Å². The van der Waals surface area contributed by atoms with Crippen LogP contribution < -0.4 is 10.2 Å². The summed E-state index contributed by atoms with van der Waals surface area (Å²) in [6.07, 6.45) is 6.45. The summed E-state index contributed by atoms with van der Waals surface area (Å²) in [4.78, 5) is 11.6. The highest BCUT2D eigenvalue weighted by Gasteiger charge is 2.30. The first-order valence-corrected chi connectivity index (χ1v) is 11.5. The van der Waals surface area contributed by atoms with Crippen molar-refractivity contribution in [3.05, 3.63) is 18.0 Å². The Bertz CT molecular complexity index is 707. The maximum atomic E-state index is 11.6. The van der Waals surface area contributed by atoms with Gasteiger partial charge in [0, 0.05) is 56.2 Å². The largest absolute Gasteiger partial charge is 0.381 e. The zero-order valence-corrected chi connectivity index (χ0v) is 16.0. The molecule has 1 aromatic heterocycles. The van der Waals surface area contributed by atoms with E-state index in [0.29, 0.717) is 29.5 Å². The summed E-state index contributed by atoms with van der Waals surface area (Å²) >= 11 is 0. The molecule has 3 saturated heterocycles. The van der Waals surface area contributed by atoms with Gasteiger partial charge in [-0.3, -0.25) is 0 Å². The van der Waals surface area contributed by atoms with Crippen LogP contribution in [-0.4, -0.2) is 68.3 Å². The van der Waals surface area contributed by atoms with Gasteiger partial charge in [0.1, 0.15) is 9.84 Å². The summed E-state index contributed by atoms with van der Waals surface area (Å²) in [6.45, 7) is 3.47. The zero-order valence-electron chi connectivity index (χ0n) is 15.1. The monoisotopic (exact) mass is 380 g/mol. The van der Waals surface area contributed by atoms with Crippen molar-refractivity contribution in [2.24, 2.45) is 0 Å². The lowest BCUT2D eigenvalue weighted by Crippen LogP contribution is -2.44. The maximum Gasteiger partial charge on any atom is 0.225 e. The van der Waals surface area contributed by atoms with E-state index in [1.54, 1.807) is 0 Å². The van der Waals surface area contributed by atoms with Crippen LogP contribution in [-0.2, 0) is 14.6 Å². The van der Waals surface area contributed by atoms with Gasteiger partial charge in [0.25, 0.3) is 0 Å². The molecule has 4 rings (SSSR count). The highest BCUT2D eigenvalue weighted by molar-refractivity contribution is 7.91. The van der Waals surface area contributed by atoms with Crippen LogP contribution in [0.15, 0.2) is 12.3 Å². The van der Waals surface area contributed by atoms with Crippen molar-refractivity contribution in [1.29, 1.82) is 0 Å². The van der Waals surface area contributed by atoms with Gasteiger partial charge in [0.2, 0.25) is 5.95 Å². The molecule has 8 heteroatoms. The average molecular weight is 381 g/mol. The third-order valence-electron chi connectivity index (χ3n) is 5.80. The van der Waals surface area contributed by atoms with Crippen LogP contribution in [0, 0.1) is 0 Å². The molecule has 0 bridgehead atoms. The van der Waals surface area contributed by atoms with Gasteiger partial charge >= 0.3 is 0 Å². The minimum Gasteiger partial charge on any atom is -0.381 e. The molecule has 3 aliphatic heterocycles. The molecule has 144 valence electrons. The van der Waals surface area contributed by atoms with Crippen molar-refractivity contribution in [2.75, 3.05) is 42.7 Å². The molecule has 4 heterocycles. The third kappa shape index (κ3) is 4.35. The van der Waals surface area contributed by atoms with Crippen LogP contribution >= 0.6 is 0 Å². The minimum atomic E-state index is -2.80. The van der Waals surface area contributed by atoms with E-state index in [9.17, 15) is 8.42 Å². The topological polar surface area (TPSA) is 84.4 Å². The molecule has 1 unspecified atom stereocenters. The molecular formula is C18H28N4O3S. The Hall–Kier alpha value is -1.25. The molecule has 3 fully saturated rings. The van der Waals surface area contributed by atoms with Crippen molar-refractivity contribution in [1.82, 2.24) is 15.3 Å². The first-order chi connectivity index (χ1) is 12.6. The Kier molecular flexibility index (Phi) is 5.42. The Balaban J connectivity index is 1.33. The van der Waals surface area contributed by atoms with Crippen LogP contribution in [0.2, 0.25) is 0 Å². The van der Waals surface area contributed by atoms with Crippen molar-refractivity contribution in [3.63, 3.8) is 0 Å². The molecular weight excluding hydrogens is 352 g/mol. The lowest BCUT2D eigenvalue weighted by atomic mass is 9.96. The SMILES string of the molecule is O=S1(=O)CCC(NC2CCN(c3nccc(C4CCOCC4)n3)C2)CC1. The number of hydrogen-bond acceptors (Lipinski definition) is 7. The number of ether oxygens (including phenoxy) is 1. The highest BCUT2D eigenvalue weighted by Crippen LogP contribution is 2.27. The van der Waals surface area contributed by atoms with Gasteiger partial charge in [0.15, 0.2) is 0 Å². The van der Waals surface area contributed by atoms with E-state index in [0.717, 1.165) is 70.0 Å². The molecule has 0 aliphatic carbocycles. The van der Waals surface area contributed by atoms with E-state index in [4.69, 9.17) is 9.72 Å². The molecule has 0 radical (unpaired) electrons. The second-order valence-corrected chi connectivity index (χ2v) is 10.00. The second-order valence-electron chi connectivity index (χ2n) is 7.69. The van der Waals surface area contributed by atoms with Crippen LogP contribution in [0.5, 0.6) is 0 Å². The van der Waals surface area contributed by atoms with Gasteiger partial charge in [0.05, 0.1) is 11.5 Å². The fraction of sp³-hybridized carbons (Fsp3) is 0.778. The number of hydrogen-bond donors (Lipinski definition) is 1. The number of nitrogens with one attached hydrogen (secondary N) is 1. The summed E-state index contributed by atoms with van der Waals surface area (Å²) in [5.74, 6) is 1.94. The molecule has 26 heavy (non-hydrogen) atoms.